The molecule has 2 aromatic rings. The lowest BCUT2D eigenvalue weighted by Gasteiger charge is -2.09. The van der Waals surface area contributed by atoms with Crippen molar-refractivity contribution in [2.45, 2.75) is 19.0 Å². The van der Waals surface area contributed by atoms with Crippen molar-refractivity contribution in [3.8, 4) is 11.5 Å². The molecule has 7 nitrogen and oxygen atoms in total. The molecule has 2 rings (SSSR count). The summed E-state index contributed by atoms with van der Waals surface area (Å²) in [6, 6.07) is 5.43. The summed E-state index contributed by atoms with van der Waals surface area (Å²) >= 11 is 1.30. The van der Waals surface area contributed by atoms with Crippen LogP contribution in [-0.2, 0) is 0 Å². The van der Waals surface area contributed by atoms with Crippen LogP contribution < -0.4 is 15.0 Å². The van der Waals surface area contributed by atoms with Crippen LogP contribution in [0.25, 0.3) is 0 Å². The van der Waals surface area contributed by atoms with Crippen LogP contribution in [0.3, 0.4) is 0 Å². The summed E-state index contributed by atoms with van der Waals surface area (Å²) in [6.45, 7) is 4.06. The Kier molecular flexibility index (Phi) is 5.75. The van der Waals surface area contributed by atoms with Crippen molar-refractivity contribution in [1.82, 2.24) is 14.9 Å². The predicted molar refractivity (Wildman–Crippen MR) is 90.0 cm³/mol. The second-order valence-electron chi connectivity index (χ2n) is 4.48. The minimum Gasteiger partial charge on any atom is -0.493 e. The SMILES string of the molecule is CCOc1ccc(/C=N/n2c(SC)nnc(C)c2=O)cc1OC. The normalized spacial score (nSPS) is 11.0. The average Bonchev–Trinajstić information content (AvgIpc) is 2.57. The fourth-order valence-electron chi connectivity index (χ4n) is 1.84. The summed E-state index contributed by atoms with van der Waals surface area (Å²) in [5.41, 5.74) is 0.779. The molecule has 23 heavy (non-hydrogen) atoms. The van der Waals surface area contributed by atoms with Crippen molar-refractivity contribution in [2.24, 2.45) is 5.10 Å². The van der Waals surface area contributed by atoms with Gasteiger partial charge < -0.3 is 9.47 Å². The van der Waals surface area contributed by atoms with Crippen LogP contribution >= 0.6 is 11.8 Å². The molecule has 0 aliphatic carbocycles. The lowest BCUT2D eigenvalue weighted by molar-refractivity contribution is 0.311. The van der Waals surface area contributed by atoms with E-state index in [0.29, 0.717) is 29.0 Å². The second-order valence-corrected chi connectivity index (χ2v) is 5.25. The number of ether oxygens (including phenoxy) is 2. The maximum atomic E-state index is 12.1. The standard InChI is InChI=1S/C15H18N4O3S/c1-5-22-12-7-6-11(8-13(12)21-3)9-16-19-14(20)10(2)17-18-15(19)23-4/h6-9H,5H2,1-4H3/b16-9+. The zero-order chi connectivity index (χ0) is 16.8. The van der Waals surface area contributed by atoms with Gasteiger partial charge in [0.25, 0.3) is 5.56 Å². The molecule has 1 aromatic heterocycles. The molecule has 1 aromatic carbocycles. The first-order valence-corrected chi connectivity index (χ1v) is 8.18. The van der Waals surface area contributed by atoms with Crippen LogP contribution in [0.15, 0.2) is 33.3 Å². The van der Waals surface area contributed by atoms with Crippen molar-refractivity contribution in [3.05, 3.63) is 39.8 Å². The van der Waals surface area contributed by atoms with Crippen LogP contribution in [0.1, 0.15) is 18.2 Å². The van der Waals surface area contributed by atoms with Gasteiger partial charge in [-0.05, 0) is 43.9 Å². The molecule has 0 bridgehead atoms. The van der Waals surface area contributed by atoms with Crippen molar-refractivity contribution in [1.29, 1.82) is 0 Å². The topological polar surface area (TPSA) is 78.6 Å². The highest BCUT2D eigenvalue weighted by atomic mass is 32.2. The van der Waals surface area contributed by atoms with E-state index in [2.05, 4.69) is 15.3 Å². The number of hydrogen-bond donors (Lipinski definition) is 0. The summed E-state index contributed by atoms with van der Waals surface area (Å²) in [7, 11) is 1.57. The van der Waals surface area contributed by atoms with Gasteiger partial charge in [-0.25, -0.2) is 0 Å². The first-order valence-electron chi connectivity index (χ1n) is 6.96. The number of benzene rings is 1. The van der Waals surface area contributed by atoms with Gasteiger partial charge in [-0.2, -0.15) is 9.78 Å². The predicted octanol–water partition coefficient (Wildman–Crippen LogP) is 1.96. The molecule has 1 heterocycles. The summed E-state index contributed by atoms with van der Waals surface area (Å²) < 4.78 is 12.0. The third kappa shape index (κ3) is 3.89. The lowest BCUT2D eigenvalue weighted by atomic mass is 10.2. The number of rotatable bonds is 6. The summed E-state index contributed by atoms with van der Waals surface area (Å²) in [4.78, 5) is 12.1. The third-order valence-corrected chi connectivity index (χ3v) is 3.58. The molecule has 0 atom stereocenters. The number of thioether (sulfide) groups is 1. The molecule has 122 valence electrons. The van der Waals surface area contributed by atoms with Crippen molar-refractivity contribution < 1.29 is 9.47 Å². The van der Waals surface area contributed by atoms with Gasteiger partial charge in [-0.3, -0.25) is 4.79 Å². The second kappa shape index (κ2) is 7.77. The van der Waals surface area contributed by atoms with E-state index < -0.39 is 0 Å². The molecule has 8 heteroatoms. The van der Waals surface area contributed by atoms with Gasteiger partial charge in [0, 0.05) is 0 Å². The molecule has 0 unspecified atom stereocenters. The maximum Gasteiger partial charge on any atom is 0.296 e. The smallest absolute Gasteiger partial charge is 0.296 e. The van der Waals surface area contributed by atoms with E-state index in [0.717, 1.165) is 5.56 Å². The molecule has 0 aliphatic heterocycles. The fraction of sp³-hybridized carbons (Fsp3) is 0.333. The van der Waals surface area contributed by atoms with Gasteiger partial charge in [0.15, 0.2) is 11.5 Å². The molecular weight excluding hydrogens is 316 g/mol. The Balaban J connectivity index is 2.38. The quantitative estimate of drug-likeness (QED) is 0.593. The first-order chi connectivity index (χ1) is 11.1. The zero-order valence-electron chi connectivity index (χ0n) is 13.4. The van der Waals surface area contributed by atoms with Crippen LogP contribution in [0.4, 0.5) is 0 Å². The van der Waals surface area contributed by atoms with Crippen LogP contribution in [0.2, 0.25) is 0 Å². The molecule has 0 spiro atoms. The van der Waals surface area contributed by atoms with Crippen LogP contribution in [0, 0.1) is 6.92 Å². The monoisotopic (exact) mass is 334 g/mol. The largest absolute Gasteiger partial charge is 0.493 e. The highest BCUT2D eigenvalue weighted by molar-refractivity contribution is 7.98. The van der Waals surface area contributed by atoms with Crippen LogP contribution in [-0.4, -0.2) is 41.1 Å². The number of aryl methyl sites for hydroxylation is 1. The summed E-state index contributed by atoms with van der Waals surface area (Å²) in [5, 5.41) is 12.4. The minimum atomic E-state index is -0.293. The maximum absolute atomic E-state index is 12.1. The third-order valence-electron chi connectivity index (χ3n) is 2.96. The van der Waals surface area contributed by atoms with E-state index >= 15 is 0 Å². The average molecular weight is 334 g/mol. The van der Waals surface area contributed by atoms with E-state index in [1.807, 2.05) is 19.2 Å². The van der Waals surface area contributed by atoms with Gasteiger partial charge in [0.1, 0.15) is 5.69 Å². The van der Waals surface area contributed by atoms with E-state index in [1.54, 1.807) is 32.4 Å². The molecule has 0 fully saturated rings. The van der Waals surface area contributed by atoms with Crippen molar-refractivity contribution in [2.75, 3.05) is 20.0 Å². The first kappa shape index (κ1) is 17.0. The fourth-order valence-corrected chi connectivity index (χ4v) is 2.26. The summed E-state index contributed by atoms with van der Waals surface area (Å²) in [6.07, 6.45) is 3.38. The number of aromatic nitrogens is 3. The Morgan fingerprint density at radius 3 is 2.78 bits per heavy atom. The summed E-state index contributed by atoms with van der Waals surface area (Å²) in [5.74, 6) is 1.27. The Morgan fingerprint density at radius 1 is 1.35 bits per heavy atom. The van der Waals surface area contributed by atoms with E-state index in [4.69, 9.17) is 9.47 Å². The Hall–Kier alpha value is -2.35. The molecule has 0 N–H and O–H groups in total. The Bertz CT molecular complexity index is 774. The number of nitrogens with zero attached hydrogens (tertiary/aromatic N) is 4. The molecule has 0 saturated carbocycles. The zero-order valence-corrected chi connectivity index (χ0v) is 14.3. The van der Waals surface area contributed by atoms with Gasteiger partial charge in [-0.15, -0.1) is 10.2 Å². The molecule has 0 aliphatic rings. The molecular formula is C15H18N4O3S. The number of methoxy groups -OCH3 is 1. The van der Waals surface area contributed by atoms with E-state index in [-0.39, 0.29) is 5.56 Å². The van der Waals surface area contributed by atoms with E-state index in [1.165, 1.54) is 16.4 Å². The van der Waals surface area contributed by atoms with Gasteiger partial charge in [0.05, 0.1) is 19.9 Å². The highest BCUT2D eigenvalue weighted by Gasteiger charge is 2.08. The Morgan fingerprint density at radius 2 is 2.13 bits per heavy atom. The van der Waals surface area contributed by atoms with Crippen molar-refractivity contribution >= 4 is 18.0 Å². The van der Waals surface area contributed by atoms with Crippen molar-refractivity contribution in [3.63, 3.8) is 0 Å². The Labute approximate surface area is 138 Å². The lowest BCUT2D eigenvalue weighted by Crippen LogP contribution is -2.23. The van der Waals surface area contributed by atoms with Gasteiger partial charge in [0.2, 0.25) is 5.16 Å². The van der Waals surface area contributed by atoms with Gasteiger partial charge >= 0.3 is 0 Å². The van der Waals surface area contributed by atoms with Crippen LogP contribution in [0.5, 0.6) is 11.5 Å². The van der Waals surface area contributed by atoms with E-state index in [9.17, 15) is 4.79 Å². The highest BCUT2D eigenvalue weighted by Crippen LogP contribution is 2.27. The molecule has 0 amide bonds. The molecule has 0 saturated heterocycles. The van der Waals surface area contributed by atoms with Gasteiger partial charge in [-0.1, -0.05) is 11.8 Å². The molecule has 0 radical (unpaired) electrons. The number of hydrogen-bond acceptors (Lipinski definition) is 7. The minimum absolute atomic E-state index is 0.293.